The van der Waals surface area contributed by atoms with Crippen molar-refractivity contribution in [3.05, 3.63) is 29.3 Å². The monoisotopic (exact) mass is 258 g/mol. The average molecular weight is 258 g/mol. The van der Waals surface area contributed by atoms with Crippen LogP contribution in [-0.2, 0) is 6.54 Å². The van der Waals surface area contributed by atoms with E-state index in [1.54, 1.807) is 20.8 Å². The minimum atomic E-state index is -1.03. The van der Waals surface area contributed by atoms with Crippen LogP contribution in [0, 0.1) is 11.6 Å². The molecule has 0 unspecified atom stereocenters. The molecule has 3 nitrogen and oxygen atoms in total. The molecule has 1 aromatic rings. The van der Waals surface area contributed by atoms with E-state index < -0.39 is 17.2 Å². The number of hydrogen-bond acceptors (Lipinski definition) is 3. The highest BCUT2D eigenvalue weighted by Crippen LogP contribution is 2.26. The Labute approximate surface area is 106 Å². The van der Waals surface area contributed by atoms with E-state index in [1.807, 2.05) is 0 Å². The number of aliphatic hydroxyl groups is 1. The molecule has 5 heteroatoms. The smallest absolute Gasteiger partial charge is 0.149 e. The van der Waals surface area contributed by atoms with Gasteiger partial charge in [-0.15, -0.1) is 0 Å². The summed E-state index contributed by atoms with van der Waals surface area (Å²) in [5.41, 5.74) is 4.63. The second-order valence-corrected chi connectivity index (χ2v) is 4.94. The molecule has 0 bridgehead atoms. The van der Waals surface area contributed by atoms with Crippen molar-refractivity contribution in [1.82, 2.24) is 0 Å². The molecular weight excluding hydrogens is 238 g/mol. The number of nitrogens with two attached hydrogens (primary N) is 1. The molecule has 0 aliphatic rings. The Hall–Kier alpha value is -1.20. The molecular formula is C13H20F2N2O. The van der Waals surface area contributed by atoms with Gasteiger partial charge in [-0.2, -0.15) is 0 Å². The van der Waals surface area contributed by atoms with Crippen LogP contribution >= 0.6 is 0 Å². The van der Waals surface area contributed by atoms with Crippen molar-refractivity contribution in [2.24, 2.45) is 5.73 Å². The van der Waals surface area contributed by atoms with Crippen molar-refractivity contribution in [1.29, 1.82) is 0 Å². The summed E-state index contributed by atoms with van der Waals surface area (Å²) in [6.45, 7) is 5.62. The summed E-state index contributed by atoms with van der Waals surface area (Å²) < 4.78 is 27.8. The molecule has 3 N–H and O–H groups in total. The van der Waals surface area contributed by atoms with E-state index >= 15 is 0 Å². The zero-order chi connectivity index (χ0) is 13.9. The van der Waals surface area contributed by atoms with Gasteiger partial charge in [-0.05, 0) is 38.5 Å². The lowest BCUT2D eigenvalue weighted by atomic mass is 10.1. The van der Waals surface area contributed by atoms with Gasteiger partial charge in [0.25, 0.3) is 0 Å². The molecule has 0 aromatic heterocycles. The highest BCUT2D eigenvalue weighted by atomic mass is 19.1. The van der Waals surface area contributed by atoms with Gasteiger partial charge in [0.1, 0.15) is 17.3 Å². The molecule has 1 rings (SSSR count). The van der Waals surface area contributed by atoms with Gasteiger partial charge in [0.15, 0.2) is 0 Å². The molecule has 0 atom stereocenters. The Morgan fingerprint density at radius 1 is 1.28 bits per heavy atom. The van der Waals surface area contributed by atoms with E-state index in [0.717, 1.165) is 0 Å². The van der Waals surface area contributed by atoms with Crippen molar-refractivity contribution in [2.75, 3.05) is 18.0 Å². The fourth-order valence-electron chi connectivity index (χ4n) is 1.85. The standard InChI is InChI=1S/C13H20F2N2O/c1-4-17(8-13(2,3)18)12-10(14)5-9(7-16)6-11(12)15/h5-6,18H,4,7-8,16H2,1-3H3. The summed E-state index contributed by atoms with van der Waals surface area (Å²) in [4.78, 5) is 1.48. The van der Waals surface area contributed by atoms with Gasteiger partial charge < -0.3 is 15.7 Å². The lowest BCUT2D eigenvalue weighted by molar-refractivity contribution is 0.0873. The predicted molar refractivity (Wildman–Crippen MR) is 68.4 cm³/mol. The van der Waals surface area contributed by atoms with E-state index in [-0.39, 0.29) is 18.8 Å². The van der Waals surface area contributed by atoms with Crippen molar-refractivity contribution in [2.45, 2.75) is 32.9 Å². The van der Waals surface area contributed by atoms with Gasteiger partial charge >= 0.3 is 0 Å². The molecule has 0 aliphatic heterocycles. The Balaban J connectivity index is 3.14. The molecule has 102 valence electrons. The van der Waals surface area contributed by atoms with Gasteiger partial charge in [0.2, 0.25) is 0 Å². The minimum absolute atomic E-state index is 0.0890. The number of benzene rings is 1. The summed E-state index contributed by atoms with van der Waals surface area (Å²) in [5.74, 6) is -1.30. The van der Waals surface area contributed by atoms with Crippen LogP contribution < -0.4 is 10.6 Å². The fraction of sp³-hybridized carbons (Fsp3) is 0.538. The van der Waals surface area contributed by atoms with Crippen molar-refractivity contribution in [3.8, 4) is 0 Å². The first-order valence-corrected chi connectivity index (χ1v) is 5.93. The fourth-order valence-corrected chi connectivity index (χ4v) is 1.85. The maximum absolute atomic E-state index is 13.9. The van der Waals surface area contributed by atoms with E-state index in [1.165, 1.54) is 17.0 Å². The van der Waals surface area contributed by atoms with Crippen molar-refractivity contribution >= 4 is 5.69 Å². The third-order valence-electron chi connectivity index (χ3n) is 2.59. The largest absolute Gasteiger partial charge is 0.389 e. The first kappa shape index (κ1) is 14.9. The number of halogens is 2. The summed E-state index contributed by atoms with van der Waals surface area (Å²) in [6, 6.07) is 2.46. The van der Waals surface area contributed by atoms with Crippen LogP contribution in [0.2, 0.25) is 0 Å². The Kier molecular flexibility index (Phi) is 4.65. The van der Waals surface area contributed by atoms with E-state index in [9.17, 15) is 13.9 Å². The number of hydrogen-bond donors (Lipinski definition) is 2. The van der Waals surface area contributed by atoms with Gasteiger partial charge in [-0.1, -0.05) is 0 Å². The molecule has 0 heterocycles. The first-order valence-electron chi connectivity index (χ1n) is 5.93. The number of rotatable bonds is 5. The molecule has 0 saturated carbocycles. The SMILES string of the molecule is CCN(CC(C)(C)O)c1c(F)cc(CN)cc1F. The zero-order valence-electron chi connectivity index (χ0n) is 11.0. The first-order chi connectivity index (χ1) is 8.28. The molecule has 0 amide bonds. The molecule has 0 spiro atoms. The van der Waals surface area contributed by atoms with Crippen molar-refractivity contribution < 1.29 is 13.9 Å². The minimum Gasteiger partial charge on any atom is -0.389 e. The predicted octanol–water partition coefficient (Wildman–Crippen LogP) is 2.02. The van der Waals surface area contributed by atoms with Crippen LogP contribution in [0.1, 0.15) is 26.3 Å². The van der Waals surface area contributed by atoms with Crippen LogP contribution in [0.3, 0.4) is 0 Å². The highest BCUT2D eigenvalue weighted by Gasteiger charge is 2.22. The van der Waals surface area contributed by atoms with Gasteiger partial charge in [-0.3, -0.25) is 0 Å². The van der Waals surface area contributed by atoms with Crippen LogP contribution in [0.25, 0.3) is 0 Å². The second kappa shape index (κ2) is 5.63. The Morgan fingerprint density at radius 3 is 2.11 bits per heavy atom. The van der Waals surface area contributed by atoms with Crippen LogP contribution in [0.15, 0.2) is 12.1 Å². The highest BCUT2D eigenvalue weighted by molar-refractivity contribution is 5.51. The van der Waals surface area contributed by atoms with Gasteiger partial charge in [0, 0.05) is 19.6 Å². The maximum atomic E-state index is 13.9. The summed E-state index contributed by atoms with van der Waals surface area (Å²) in [5, 5.41) is 9.76. The maximum Gasteiger partial charge on any atom is 0.149 e. The summed E-state index contributed by atoms with van der Waals surface area (Å²) in [7, 11) is 0. The van der Waals surface area contributed by atoms with E-state index in [4.69, 9.17) is 5.73 Å². The quantitative estimate of drug-likeness (QED) is 0.849. The van der Waals surface area contributed by atoms with Crippen LogP contribution in [0.4, 0.5) is 14.5 Å². The molecule has 18 heavy (non-hydrogen) atoms. The number of likely N-dealkylation sites (N-methyl/N-ethyl adjacent to an activating group) is 1. The Bertz CT molecular complexity index is 393. The normalized spacial score (nSPS) is 11.7. The zero-order valence-corrected chi connectivity index (χ0v) is 11.0. The summed E-state index contributed by atoms with van der Waals surface area (Å²) in [6.07, 6.45) is 0. The average Bonchev–Trinajstić information content (AvgIpc) is 2.24. The molecule has 1 aromatic carbocycles. The van der Waals surface area contributed by atoms with Gasteiger partial charge in [0.05, 0.1) is 5.60 Å². The lowest BCUT2D eigenvalue weighted by Gasteiger charge is -2.30. The topological polar surface area (TPSA) is 49.5 Å². The van der Waals surface area contributed by atoms with E-state index in [0.29, 0.717) is 12.1 Å². The third kappa shape index (κ3) is 3.65. The van der Waals surface area contributed by atoms with Crippen molar-refractivity contribution in [3.63, 3.8) is 0 Å². The van der Waals surface area contributed by atoms with E-state index in [2.05, 4.69) is 0 Å². The molecule has 0 radical (unpaired) electrons. The molecule has 0 saturated heterocycles. The lowest BCUT2D eigenvalue weighted by Crippen LogP contribution is -2.39. The van der Waals surface area contributed by atoms with Gasteiger partial charge in [-0.25, -0.2) is 8.78 Å². The Morgan fingerprint density at radius 2 is 1.78 bits per heavy atom. The third-order valence-corrected chi connectivity index (χ3v) is 2.59. The molecule has 0 fully saturated rings. The number of anilines is 1. The van der Waals surface area contributed by atoms with Crippen LogP contribution in [0.5, 0.6) is 0 Å². The molecule has 0 aliphatic carbocycles. The van der Waals surface area contributed by atoms with Crippen LogP contribution in [-0.4, -0.2) is 23.8 Å². The summed E-state index contributed by atoms with van der Waals surface area (Å²) >= 11 is 0. The second-order valence-electron chi connectivity index (χ2n) is 4.94. The number of nitrogens with zero attached hydrogens (tertiary/aromatic N) is 1.